The van der Waals surface area contributed by atoms with Gasteiger partial charge in [-0.3, -0.25) is 14.4 Å². The van der Waals surface area contributed by atoms with Crippen LogP contribution in [0.1, 0.15) is 253 Å². The summed E-state index contributed by atoms with van der Waals surface area (Å²) in [4.78, 5) is 38.6. The second-order valence-corrected chi connectivity index (χ2v) is 22.3. The molecule has 0 radical (unpaired) electrons. The van der Waals surface area contributed by atoms with Gasteiger partial charge in [0, 0.05) is 18.8 Å². The molecule has 7 atom stereocenters. The Kier molecular flexibility index (Phi) is 26.7. The number of carbonyl (C=O) groups is 3. The Morgan fingerprint density at radius 2 is 1.17 bits per heavy atom. The van der Waals surface area contributed by atoms with Crippen LogP contribution in [0.15, 0.2) is 11.6 Å². The largest absolute Gasteiger partial charge is 1.00 e. The van der Waals surface area contributed by atoms with Crippen molar-refractivity contribution in [2.45, 2.75) is 259 Å². The average molecular weight is 902 g/mol. The number of halogens is 1. The molecule has 1 N–H and O–H groups in total. The predicted octanol–water partition coefficient (Wildman–Crippen LogP) is 11.8. The monoisotopic (exact) mass is 901 g/mol. The molecular formula is C56H101ClN2O4. The van der Waals surface area contributed by atoms with E-state index in [2.05, 4.69) is 47.0 Å². The van der Waals surface area contributed by atoms with E-state index in [0.717, 1.165) is 30.3 Å². The van der Waals surface area contributed by atoms with E-state index in [0.29, 0.717) is 42.4 Å². The van der Waals surface area contributed by atoms with Gasteiger partial charge < -0.3 is 26.9 Å². The number of hydrogen-bond acceptors (Lipinski definition) is 4. The molecule has 0 bridgehead atoms. The number of ketones is 1. The highest BCUT2D eigenvalue weighted by atomic mass is 35.5. The third-order valence-corrected chi connectivity index (χ3v) is 17.6. The van der Waals surface area contributed by atoms with Gasteiger partial charge in [-0.1, -0.05) is 162 Å². The molecule has 3 saturated carbocycles. The first-order valence-corrected chi connectivity index (χ1v) is 27.5. The smallest absolute Gasteiger partial charge is 0.306 e. The summed E-state index contributed by atoms with van der Waals surface area (Å²) in [5.74, 6) is 2.49. The van der Waals surface area contributed by atoms with Gasteiger partial charge in [-0.15, -0.1) is 0 Å². The van der Waals surface area contributed by atoms with E-state index in [9.17, 15) is 14.4 Å². The van der Waals surface area contributed by atoms with Crippen LogP contribution in [0.3, 0.4) is 0 Å². The fraction of sp³-hybridized carbons (Fsp3) is 0.911. The van der Waals surface area contributed by atoms with Gasteiger partial charge >= 0.3 is 5.97 Å². The van der Waals surface area contributed by atoms with Crippen LogP contribution < -0.4 is 17.7 Å². The molecule has 0 spiro atoms. The third-order valence-electron chi connectivity index (χ3n) is 17.6. The lowest BCUT2D eigenvalue weighted by Gasteiger charge is -2.58. The van der Waals surface area contributed by atoms with Crippen LogP contribution in [0.25, 0.3) is 0 Å². The number of hydrogen-bond donors (Lipinski definition) is 1. The number of nitrogens with zero attached hydrogens (tertiary/aromatic N) is 1. The van der Waals surface area contributed by atoms with Crippen molar-refractivity contribution in [1.82, 2.24) is 5.32 Å². The van der Waals surface area contributed by atoms with E-state index in [1.807, 2.05) is 6.08 Å². The van der Waals surface area contributed by atoms with Crippen LogP contribution in [0.5, 0.6) is 0 Å². The predicted molar refractivity (Wildman–Crippen MR) is 261 cm³/mol. The van der Waals surface area contributed by atoms with Gasteiger partial charge in [0.2, 0.25) is 5.91 Å². The SMILES string of the molecule is CCCCCCCCCCCCCC[N+](C)(CCCCCCCCCCCCCC)CCNC(=O)CCC(=O)O[C@@H](C)[C@H]1CCC2C3CCC4=CC(=O)CC[C@]4(C)C3CC[C@@]21C.[Cl-]. The fourth-order valence-electron chi connectivity index (χ4n) is 13.5. The summed E-state index contributed by atoms with van der Waals surface area (Å²) in [5.41, 5.74) is 1.80. The first-order chi connectivity index (χ1) is 30.0. The zero-order chi connectivity index (χ0) is 44.7. The zero-order valence-corrected chi connectivity index (χ0v) is 43.0. The first-order valence-electron chi connectivity index (χ1n) is 27.5. The minimum absolute atomic E-state index is 0. The lowest BCUT2D eigenvalue weighted by molar-refractivity contribution is -0.908. The van der Waals surface area contributed by atoms with Gasteiger partial charge in [-0.2, -0.15) is 0 Å². The normalized spacial score (nSPS) is 25.9. The minimum Gasteiger partial charge on any atom is -1.00 e. The minimum atomic E-state index is -0.222. The molecule has 1 amide bonds. The lowest BCUT2D eigenvalue weighted by Crippen LogP contribution is -3.00. The molecule has 4 aliphatic carbocycles. The number of fused-ring (bicyclic) bond motifs is 5. The summed E-state index contributed by atoms with van der Waals surface area (Å²) < 4.78 is 7.20. The van der Waals surface area contributed by atoms with Crippen molar-refractivity contribution in [1.29, 1.82) is 0 Å². The van der Waals surface area contributed by atoms with Crippen molar-refractivity contribution in [2.75, 3.05) is 33.2 Å². The Morgan fingerprint density at radius 1 is 0.667 bits per heavy atom. The van der Waals surface area contributed by atoms with E-state index < -0.39 is 0 Å². The molecular weight excluding hydrogens is 800 g/mol. The number of unbranched alkanes of at least 4 members (excludes halogenated alkanes) is 22. The fourth-order valence-corrected chi connectivity index (χ4v) is 13.5. The number of carbonyl (C=O) groups excluding carboxylic acids is 3. The summed E-state index contributed by atoms with van der Waals surface area (Å²) in [5, 5.41) is 3.20. The molecule has 63 heavy (non-hydrogen) atoms. The number of quaternary nitrogens is 1. The van der Waals surface area contributed by atoms with Crippen molar-refractivity contribution < 1.29 is 36.0 Å². The highest BCUT2D eigenvalue weighted by Gasteiger charge is 2.60. The van der Waals surface area contributed by atoms with E-state index >= 15 is 0 Å². The van der Waals surface area contributed by atoms with Crippen LogP contribution in [-0.2, 0) is 19.1 Å². The standard InChI is InChI=1S/C56H100N2O4.ClH/c1-7-9-11-13-15-17-19-21-23-25-27-29-42-58(6,43-30-28-26-24-22-20-18-16-14-12-10-8-2)44-41-57-53(60)35-36-54(61)62-46(3)50-33-34-51-49-32-31-47-45-48(59)37-39-55(47,4)52(49)38-40-56(50,51)5;/h45-46,49-52H,7-44H2,1-6H3;1H/t46-,49?,50+,51?,52?,55-,56+;/m0./s1. The van der Waals surface area contributed by atoms with Crippen molar-refractivity contribution in [3.8, 4) is 0 Å². The number of nitrogens with one attached hydrogen (secondary N) is 1. The lowest BCUT2D eigenvalue weighted by atomic mass is 9.46. The molecule has 4 rings (SSSR count). The Hall–Kier alpha value is -1.40. The molecule has 0 aliphatic heterocycles. The second kappa shape index (κ2) is 30.1. The Morgan fingerprint density at radius 3 is 1.70 bits per heavy atom. The van der Waals surface area contributed by atoms with Gasteiger partial charge in [0.15, 0.2) is 5.78 Å². The maximum absolute atomic E-state index is 13.2. The van der Waals surface area contributed by atoms with Crippen molar-refractivity contribution in [2.24, 2.45) is 34.5 Å². The van der Waals surface area contributed by atoms with Gasteiger partial charge in [0.1, 0.15) is 6.10 Å². The highest BCUT2D eigenvalue weighted by Crippen LogP contribution is 2.67. The van der Waals surface area contributed by atoms with Crippen LogP contribution >= 0.6 is 0 Å². The highest BCUT2D eigenvalue weighted by molar-refractivity contribution is 5.91. The summed E-state index contributed by atoms with van der Waals surface area (Å²) >= 11 is 0. The molecule has 6 nitrogen and oxygen atoms in total. The molecule has 0 aromatic rings. The number of likely N-dealkylation sites (N-methyl/N-ethyl adjacent to an activating group) is 1. The van der Waals surface area contributed by atoms with Gasteiger partial charge in [0.25, 0.3) is 0 Å². The van der Waals surface area contributed by atoms with E-state index in [4.69, 9.17) is 4.74 Å². The van der Waals surface area contributed by atoms with Gasteiger partial charge in [-0.05, 0) is 112 Å². The quantitative estimate of drug-likeness (QED) is 0.0397. The molecule has 366 valence electrons. The topological polar surface area (TPSA) is 72.5 Å². The van der Waals surface area contributed by atoms with Crippen LogP contribution in [0.2, 0.25) is 0 Å². The average Bonchev–Trinajstić information content (AvgIpc) is 3.61. The molecule has 0 saturated heterocycles. The van der Waals surface area contributed by atoms with Crippen molar-refractivity contribution >= 4 is 17.7 Å². The second-order valence-electron chi connectivity index (χ2n) is 22.3. The molecule has 3 unspecified atom stereocenters. The van der Waals surface area contributed by atoms with E-state index in [1.54, 1.807) is 0 Å². The molecule has 7 heteroatoms. The summed E-state index contributed by atoms with van der Waals surface area (Å²) in [7, 11) is 2.42. The molecule has 3 fully saturated rings. The third kappa shape index (κ3) is 18.3. The van der Waals surface area contributed by atoms with Crippen LogP contribution in [-0.4, -0.2) is 61.5 Å². The Labute approximate surface area is 395 Å². The number of rotatable bonds is 34. The Balaban J connectivity index is 0.0000106. The van der Waals surface area contributed by atoms with Crippen LogP contribution in [0, 0.1) is 34.5 Å². The molecule has 0 aromatic carbocycles. The molecule has 4 aliphatic rings. The van der Waals surface area contributed by atoms with E-state index in [1.165, 1.54) is 198 Å². The zero-order valence-electron chi connectivity index (χ0n) is 42.3. The number of ether oxygens (including phenoxy) is 1. The number of esters is 1. The van der Waals surface area contributed by atoms with Crippen molar-refractivity contribution in [3.05, 3.63) is 11.6 Å². The summed E-state index contributed by atoms with van der Waals surface area (Å²) in [6, 6.07) is 0. The number of amides is 1. The van der Waals surface area contributed by atoms with E-state index in [-0.39, 0.29) is 54.1 Å². The summed E-state index contributed by atoms with van der Waals surface area (Å²) in [6.07, 6.45) is 44.0. The van der Waals surface area contributed by atoms with Crippen LogP contribution in [0.4, 0.5) is 0 Å². The maximum Gasteiger partial charge on any atom is 0.306 e. The van der Waals surface area contributed by atoms with Crippen molar-refractivity contribution in [3.63, 3.8) is 0 Å². The Bertz CT molecular complexity index is 1310. The maximum atomic E-state index is 13.2. The molecule has 0 heterocycles. The first kappa shape index (κ1) is 55.9. The van der Waals surface area contributed by atoms with Gasteiger partial charge in [-0.25, -0.2) is 0 Å². The summed E-state index contributed by atoms with van der Waals surface area (Å²) in [6.45, 7) is 15.7. The molecule has 0 aromatic heterocycles. The number of allylic oxidation sites excluding steroid dienone is 1. The van der Waals surface area contributed by atoms with Gasteiger partial charge in [0.05, 0.1) is 39.6 Å².